The minimum atomic E-state index is -3.65. The number of rotatable bonds is 7. The van der Waals surface area contributed by atoms with E-state index in [1.165, 1.54) is 28.8 Å². The van der Waals surface area contributed by atoms with E-state index in [0.717, 1.165) is 11.8 Å². The summed E-state index contributed by atoms with van der Waals surface area (Å²) in [5.41, 5.74) is 0.780. The molecule has 0 fully saturated rings. The molecule has 0 spiro atoms. The molecule has 3 aromatic rings. The zero-order valence-electron chi connectivity index (χ0n) is 13.9. The maximum atomic E-state index is 12.8. The fourth-order valence-electron chi connectivity index (χ4n) is 2.34. The molecule has 3 rings (SSSR count). The topological polar surface area (TPSA) is 141 Å². The molecular weight excluding hydrogens is 390 g/mol. The Bertz CT molecular complexity index is 1160. The van der Waals surface area contributed by atoms with Gasteiger partial charge in [0.15, 0.2) is 5.16 Å². The van der Waals surface area contributed by atoms with Gasteiger partial charge in [0.25, 0.3) is 5.56 Å². The molecule has 0 aliphatic heterocycles. The molecule has 2 heterocycles. The number of phenols is 1. The highest BCUT2D eigenvalue weighted by atomic mass is 32.3. The highest BCUT2D eigenvalue weighted by Crippen LogP contribution is 2.23. The first kappa shape index (κ1) is 19.0. The second-order valence-electron chi connectivity index (χ2n) is 5.47. The van der Waals surface area contributed by atoms with Crippen molar-refractivity contribution in [2.45, 2.75) is 11.6 Å². The molecule has 0 atom stereocenters. The van der Waals surface area contributed by atoms with Crippen molar-refractivity contribution in [2.75, 3.05) is 11.6 Å². The number of thioether (sulfide) groups is 1. The molecular formula is C16H15N5O4S2. The fraction of sp³-hybridized carbons (Fsp3) is 0.188. The van der Waals surface area contributed by atoms with Crippen molar-refractivity contribution in [3.8, 4) is 17.5 Å². The van der Waals surface area contributed by atoms with Crippen LogP contribution in [0.5, 0.6) is 5.75 Å². The van der Waals surface area contributed by atoms with E-state index in [2.05, 4.69) is 14.7 Å². The van der Waals surface area contributed by atoms with Crippen LogP contribution < -0.4 is 10.3 Å². The first-order chi connectivity index (χ1) is 12.9. The van der Waals surface area contributed by atoms with Gasteiger partial charge >= 0.3 is 0 Å². The number of aromatic amines is 1. The molecule has 140 valence electrons. The van der Waals surface area contributed by atoms with Gasteiger partial charge in [0, 0.05) is 19.2 Å². The predicted molar refractivity (Wildman–Crippen MR) is 101 cm³/mol. The van der Waals surface area contributed by atoms with Crippen molar-refractivity contribution < 1.29 is 13.5 Å². The number of sulfonamides is 1. The summed E-state index contributed by atoms with van der Waals surface area (Å²) in [4.78, 5) is 20.1. The normalized spacial score (nSPS) is 11.5. The second-order valence-corrected chi connectivity index (χ2v) is 8.58. The summed E-state index contributed by atoms with van der Waals surface area (Å²) in [6, 6.07) is 9.41. The Balaban J connectivity index is 1.99. The van der Waals surface area contributed by atoms with Crippen LogP contribution in [0.1, 0.15) is 6.42 Å². The Morgan fingerprint density at radius 3 is 2.74 bits per heavy atom. The van der Waals surface area contributed by atoms with Crippen LogP contribution in [0.4, 0.5) is 0 Å². The number of aromatic hydroxyl groups is 1. The van der Waals surface area contributed by atoms with Crippen LogP contribution in [0.15, 0.2) is 46.5 Å². The number of nitrogens with zero attached hydrogens (tertiary/aromatic N) is 3. The number of hydrogen-bond acceptors (Lipinski definition) is 7. The van der Waals surface area contributed by atoms with E-state index in [-0.39, 0.29) is 34.5 Å². The number of benzene rings is 1. The first-order valence-corrected chi connectivity index (χ1v) is 10.4. The Kier molecular flexibility index (Phi) is 5.50. The molecule has 1 aromatic carbocycles. The third kappa shape index (κ3) is 4.30. The van der Waals surface area contributed by atoms with E-state index in [0.29, 0.717) is 16.7 Å². The summed E-state index contributed by atoms with van der Waals surface area (Å²) < 4.78 is 27.8. The summed E-state index contributed by atoms with van der Waals surface area (Å²) >= 11 is 0.886. The lowest BCUT2D eigenvalue weighted by molar-refractivity contribution is 0.475. The third-order valence-corrected chi connectivity index (χ3v) is 6.45. The summed E-state index contributed by atoms with van der Waals surface area (Å²) in [5.74, 6) is 0.0409. The summed E-state index contributed by atoms with van der Waals surface area (Å²) in [7, 11) is -3.65. The van der Waals surface area contributed by atoms with Crippen LogP contribution >= 0.6 is 11.8 Å². The zero-order valence-corrected chi connectivity index (χ0v) is 15.5. The van der Waals surface area contributed by atoms with Gasteiger partial charge in [0.2, 0.25) is 10.0 Å². The molecule has 0 amide bonds. The van der Waals surface area contributed by atoms with Gasteiger partial charge < -0.3 is 10.1 Å². The van der Waals surface area contributed by atoms with Gasteiger partial charge in [-0.05, 0) is 30.3 Å². The molecule has 9 nitrogen and oxygen atoms in total. The number of nitrogens with one attached hydrogen (secondary N) is 2. The second kappa shape index (κ2) is 7.83. The predicted octanol–water partition coefficient (Wildman–Crippen LogP) is 1.30. The number of aromatic nitrogens is 3. The number of hydrogen-bond donors (Lipinski definition) is 3. The molecule has 11 heteroatoms. The van der Waals surface area contributed by atoms with Crippen molar-refractivity contribution >= 4 is 32.8 Å². The van der Waals surface area contributed by atoms with Crippen LogP contribution in [-0.2, 0) is 10.0 Å². The van der Waals surface area contributed by atoms with Crippen LogP contribution in [0.25, 0.3) is 16.7 Å². The lowest BCUT2D eigenvalue weighted by Crippen LogP contribution is -2.27. The number of nitriles is 1. The Hall–Kier alpha value is -2.81. The zero-order chi connectivity index (χ0) is 19.4. The van der Waals surface area contributed by atoms with Gasteiger partial charge in [0.1, 0.15) is 16.4 Å². The molecule has 0 saturated carbocycles. The molecule has 3 N–H and O–H groups in total. The van der Waals surface area contributed by atoms with Crippen molar-refractivity contribution in [3.63, 3.8) is 0 Å². The van der Waals surface area contributed by atoms with E-state index in [9.17, 15) is 18.3 Å². The van der Waals surface area contributed by atoms with E-state index in [1.807, 2.05) is 6.07 Å². The van der Waals surface area contributed by atoms with Crippen LogP contribution in [-0.4, -0.2) is 39.7 Å². The molecule has 0 aliphatic carbocycles. The van der Waals surface area contributed by atoms with Crippen molar-refractivity contribution in [1.82, 2.24) is 19.3 Å². The van der Waals surface area contributed by atoms with Crippen LogP contribution in [0.3, 0.4) is 0 Å². The lowest BCUT2D eigenvalue weighted by Gasteiger charge is -2.12. The Morgan fingerprint density at radius 1 is 1.30 bits per heavy atom. The fourth-order valence-corrected chi connectivity index (χ4v) is 4.61. The molecule has 27 heavy (non-hydrogen) atoms. The van der Waals surface area contributed by atoms with E-state index >= 15 is 0 Å². The summed E-state index contributed by atoms with van der Waals surface area (Å²) in [6.45, 7) is 0.0223. The van der Waals surface area contributed by atoms with Crippen molar-refractivity contribution in [3.05, 3.63) is 46.9 Å². The van der Waals surface area contributed by atoms with Crippen LogP contribution in [0, 0.1) is 11.3 Å². The number of fused-ring (bicyclic) bond motifs is 1. The SMILES string of the molecule is N#CCCNS(=O)(=O)CSc1nc2cc[nH]c2c(=O)n1-c1ccc(O)cc1. The van der Waals surface area contributed by atoms with Gasteiger partial charge in [-0.1, -0.05) is 11.8 Å². The average molecular weight is 405 g/mol. The van der Waals surface area contributed by atoms with Crippen molar-refractivity contribution in [2.24, 2.45) is 0 Å². The van der Waals surface area contributed by atoms with E-state index in [1.54, 1.807) is 12.3 Å². The molecule has 0 unspecified atom stereocenters. The third-order valence-electron chi connectivity index (χ3n) is 3.56. The maximum absolute atomic E-state index is 12.8. The van der Waals surface area contributed by atoms with E-state index in [4.69, 9.17) is 5.26 Å². The van der Waals surface area contributed by atoms with Gasteiger partial charge in [-0.25, -0.2) is 18.1 Å². The summed E-state index contributed by atoms with van der Waals surface area (Å²) in [6.07, 6.45) is 1.64. The standard InChI is InChI=1S/C16H15N5O4S2/c17-7-1-8-19-27(24,25)10-26-16-20-13-6-9-18-14(13)15(23)21(16)11-2-4-12(22)5-3-11/h2-6,9,18-19,22H,1,8,10H2. The Morgan fingerprint density at radius 2 is 2.04 bits per heavy atom. The van der Waals surface area contributed by atoms with Gasteiger partial charge in [-0.3, -0.25) is 9.36 Å². The minimum Gasteiger partial charge on any atom is -0.508 e. The van der Waals surface area contributed by atoms with Gasteiger partial charge in [-0.15, -0.1) is 0 Å². The monoisotopic (exact) mass is 405 g/mol. The summed E-state index contributed by atoms with van der Waals surface area (Å²) in [5, 5.41) is 17.8. The average Bonchev–Trinajstić information content (AvgIpc) is 3.10. The molecule has 0 aliphatic rings. The molecule has 0 radical (unpaired) electrons. The van der Waals surface area contributed by atoms with E-state index < -0.39 is 10.0 Å². The minimum absolute atomic E-state index is 0.0223. The number of H-pyrrole nitrogens is 1. The molecule has 0 saturated heterocycles. The van der Waals surface area contributed by atoms with Crippen molar-refractivity contribution in [1.29, 1.82) is 5.26 Å². The maximum Gasteiger partial charge on any atom is 0.283 e. The Labute approximate surface area is 158 Å². The highest BCUT2D eigenvalue weighted by Gasteiger charge is 2.17. The smallest absolute Gasteiger partial charge is 0.283 e. The van der Waals surface area contributed by atoms with Crippen LogP contribution in [0.2, 0.25) is 0 Å². The molecule has 0 bridgehead atoms. The highest BCUT2D eigenvalue weighted by molar-refractivity contribution is 8.11. The first-order valence-electron chi connectivity index (χ1n) is 7.78. The van der Waals surface area contributed by atoms with Gasteiger partial charge in [0.05, 0.1) is 17.3 Å². The quantitative estimate of drug-likeness (QED) is 0.306. The lowest BCUT2D eigenvalue weighted by atomic mass is 10.3. The number of phenolic OH excluding ortho intramolecular Hbond substituents is 1. The molecule has 2 aromatic heterocycles. The largest absolute Gasteiger partial charge is 0.508 e. The van der Waals surface area contributed by atoms with Gasteiger partial charge in [-0.2, -0.15) is 5.26 Å².